The third kappa shape index (κ3) is 3.44. The molecule has 0 amide bonds. The highest BCUT2D eigenvalue weighted by Crippen LogP contribution is 2.68. The largest absolute Gasteiger partial charge is 0.309 e. The molecule has 2 heterocycles. The first-order valence-corrected chi connectivity index (χ1v) is 17.4. The molecule has 0 N–H and O–H groups in total. The average Bonchev–Trinajstić information content (AvgIpc) is 3.93. The van der Waals surface area contributed by atoms with Gasteiger partial charge in [0, 0.05) is 57.8 Å². The summed E-state index contributed by atoms with van der Waals surface area (Å²) in [6.07, 6.45) is 23.0. The summed E-state index contributed by atoms with van der Waals surface area (Å²) in [6, 6.07) is 42.4. The molecule has 11 rings (SSSR count). The lowest BCUT2D eigenvalue weighted by molar-refractivity contribution is 0.311. The molecule has 0 aliphatic heterocycles. The van der Waals surface area contributed by atoms with E-state index in [-0.39, 0.29) is 5.41 Å². The Labute approximate surface area is 285 Å². The highest BCUT2D eigenvalue weighted by molar-refractivity contribution is 6.09. The number of para-hydroxylation sites is 3. The average molecular weight is 628 g/mol. The molecule has 5 unspecified atom stereocenters. The third-order valence-electron chi connectivity index (χ3n) is 11.8. The standard InChI is InChI=1S/C46H33N3/c1-7-21-37-30(14-1)31-15-2-8-22-38(31)46(37)39-23-9-3-16-32(39)35-20-13-27-43(44(35)46)48-29-28-47-45(48)36-19-6-12-26-42(36)49-40-24-10-4-17-33(40)34-18-5-11-25-41(34)49/h1-30,32,37,39H. The molecule has 49 heavy (non-hydrogen) atoms. The van der Waals surface area contributed by atoms with E-state index in [0.29, 0.717) is 23.7 Å². The lowest BCUT2D eigenvalue weighted by Gasteiger charge is -2.41. The summed E-state index contributed by atoms with van der Waals surface area (Å²) < 4.78 is 4.79. The van der Waals surface area contributed by atoms with Gasteiger partial charge in [-0.15, -0.1) is 0 Å². The number of hydrogen-bond acceptors (Lipinski definition) is 1. The van der Waals surface area contributed by atoms with E-state index >= 15 is 0 Å². The second-order valence-electron chi connectivity index (χ2n) is 13.8. The fourth-order valence-corrected chi connectivity index (χ4v) is 10.1. The molecule has 4 aliphatic rings. The second kappa shape index (κ2) is 10.0. The topological polar surface area (TPSA) is 22.8 Å². The lowest BCUT2D eigenvalue weighted by Crippen LogP contribution is -2.39. The molecule has 232 valence electrons. The van der Waals surface area contributed by atoms with Crippen molar-refractivity contribution in [2.45, 2.75) is 17.3 Å². The van der Waals surface area contributed by atoms with E-state index in [0.717, 1.165) is 17.1 Å². The van der Waals surface area contributed by atoms with Gasteiger partial charge in [-0.1, -0.05) is 134 Å². The maximum Gasteiger partial charge on any atom is 0.146 e. The van der Waals surface area contributed by atoms with Gasteiger partial charge in [-0.3, -0.25) is 4.57 Å². The van der Waals surface area contributed by atoms with Crippen LogP contribution in [0.25, 0.3) is 44.6 Å². The van der Waals surface area contributed by atoms with Crippen LogP contribution in [-0.2, 0) is 5.41 Å². The molecular weight excluding hydrogens is 595 g/mol. The zero-order valence-electron chi connectivity index (χ0n) is 26.9. The van der Waals surface area contributed by atoms with Crippen molar-refractivity contribution in [1.82, 2.24) is 14.1 Å². The number of allylic oxidation sites excluding steroid dienone is 8. The minimum Gasteiger partial charge on any atom is -0.309 e. The Bertz CT molecular complexity index is 2540. The van der Waals surface area contributed by atoms with Crippen molar-refractivity contribution in [3.63, 3.8) is 0 Å². The van der Waals surface area contributed by atoms with E-state index in [1.807, 2.05) is 6.20 Å². The highest BCUT2D eigenvalue weighted by Gasteiger charge is 2.62. The summed E-state index contributed by atoms with van der Waals surface area (Å²) >= 11 is 0. The molecule has 3 heteroatoms. The van der Waals surface area contributed by atoms with Crippen LogP contribution in [0.5, 0.6) is 0 Å². The third-order valence-corrected chi connectivity index (χ3v) is 11.8. The summed E-state index contributed by atoms with van der Waals surface area (Å²) in [6.45, 7) is 0. The van der Waals surface area contributed by atoms with Gasteiger partial charge in [-0.05, 0) is 52.6 Å². The van der Waals surface area contributed by atoms with Gasteiger partial charge < -0.3 is 4.57 Å². The van der Waals surface area contributed by atoms with Gasteiger partial charge >= 0.3 is 0 Å². The maximum atomic E-state index is 5.15. The normalized spacial score (nSPS) is 24.1. The lowest BCUT2D eigenvalue weighted by atomic mass is 9.61. The molecule has 5 aromatic carbocycles. The number of imidazole rings is 1. The first-order chi connectivity index (χ1) is 24.4. The number of rotatable bonds is 3. The van der Waals surface area contributed by atoms with E-state index in [2.05, 4.69) is 179 Å². The van der Waals surface area contributed by atoms with Crippen LogP contribution in [0, 0.1) is 11.8 Å². The van der Waals surface area contributed by atoms with Gasteiger partial charge in [0.1, 0.15) is 5.82 Å². The van der Waals surface area contributed by atoms with Crippen LogP contribution in [0.3, 0.4) is 0 Å². The van der Waals surface area contributed by atoms with Crippen molar-refractivity contribution in [3.05, 3.63) is 199 Å². The minimum atomic E-state index is -0.214. The first-order valence-electron chi connectivity index (χ1n) is 17.4. The minimum absolute atomic E-state index is 0.214. The molecule has 4 aliphatic carbocycles. The van der Waals surface area contributed by atoms with Crippen LogP contribution >= 0.6 is 0 Å². The number of benzene rings is 5. The fraction of sp³-hybridized carbons (Fsp3) is 0.109. The zero-order chi connectivity index (χ0) is 32.1. The molecule has 5 atom stereocenters. The summed E-state index contributed by atoms with van der Waals surface area (Å²) in [7, 11) is 0. The maximum absolute atomic E-state index is 5.15. The quantitative estimate of drug-likeness (QED) is 0.191. The van der Waals surface area contributed by atoms with Gasteiger partial charge in [0.05, 0.1) is 22.4 Å². The van der Waals surface area contributed by atoms with Crippen molar-refractivity contribution in [3.8, 4) is 22.8 Å². The number of aromatic nitrogens is 3. The summed E-state index contributed by atoms with van der Waals surface area (Å²) in [5.41, 5.74) is 11.4. The Morgan fingerprint density at radius 3 is 1.90 bits per heavy atom. The predicted molar refractivity (Wildman–Crippen MR) is 200 cm³/mol. The number of fused-ring (bicyclic) bond motifs is 13. The Morgan fingerprint density at radius 1 is 0.531 bits per heavy atom. The fourth-order valence-electron chi connectivity index (χ4n) is 10.1. The second-order valence-corrected chi connectivity index (χ2v) is 13.8. The Kier molecular flexibility index (Phi) is 5.55. The van der Waals surface area contributed by atoms with Gasteiger partial charge in [0.15, 0.2) is 0 Å². The Morgan fingerprint density at radius 2 is 1.12 bits per heavy atom. The smallest absolute Gasteiger partial charge is 0.146 e. The van der Waals surface area contributed by atoms with Crippen molar-refractivity contribution >= 4 is 21.8 Å². The van der Waals surface area contributed by atoms with Crippen LogP contribution in [0.1, 0.15) is 34.1 Å². The van der Waals surface area contributed by atoms with Gasteiger partial charge in [-0.25, -0.2) is 4.98 Å². The monoisotopic (exact) mass is 627 g/mol. The van der Waals surface area contributed by atoms with E-state index in [9.17, 15) is 0 Å². The van der Waals surface area contributed by atoms with E-state index < -0.39 is 0 Å². The first kappa shape index (κ1) is 27.1. The van der Waals surface area contributed by atoms with E-state index in [1.54, 1.807) is 0 Å². The summed E-state index contributed by atoms with van der Waals surface area (Å²) in [5, 5.41) is 2.51. The predicted octanol–water partition coefficient (Wildman–Crippen LogP) is 10.6. The van der Waals surface area contributed by atoms with Crippen LogP contribution in [0.4, 0.5) is 0 Å². The Balaban J connectivity index is 1.19. The summed E-state index contributed by atoms with van der Waals surface area (Å²) in [4.78, 5) is 5.15. The van der Waals surface area contributed by atoms with E-state index in [4.69, 9.17) is 4.98 Å². The van der Waals surface area contributed by atoms with Crippen LogP contribution in [0.15, 0.2) is 176 Å². The molecule has 0 bridgehead atoms. The number of hydrogen-bond donors (Lipinski definition) is 0. The zero-order valence-corrected chi connectivity index (χ0v) is 26.9. The van der Waals surface area contributed by atoms with Crippen molar-refractivity contribution < 1.29 is 0 Å². The highest BCUT2D eigenvalue weighted by atomic mass is 15.1. The molecule has 1 spiro atoms. The van der Waals surface area contributed by atoms with Crippen LogP contribution < -0.4 is 0 Å². The molecule has 2 aromatic heterocycles. The molecule has 3 nitrogen and oxygen atoms in total. The molecule has 0 radical (unpaired) electrons. The molecule has 0 fully saturated rings. The van der Waals surface area contributed by atoms with Crippen molar-refractivity contribution in [2.24, 2.45) is 11.8 Å². The molecule has 0 saturated carbocycles. The molecular formula is C46H33N3. The Hall–Kier alpha value is -5.93. The molecule has 7 aromatic rings. The van der Waals surface area contributed by atoms with E-state index in [1.165, 1.54) is 49.7 Å². The van der Waals surface area contributed by atoms with Gasteiger partial charge in [-0.2, -0.15) is 0 Å². The number of nitrogens with zero attached hydrogens (tertiary/aromatic N) is 3. The van der Waals surface area contributed by atoms with Crippen molar-refractivity contribution in [2.75, 3.05) is 0 Å². The van der Waals surface area contributed by atoms with Crippen LogP contribution in [-0.4, -0.2) is 14.1 Å². The van der Waals surface area contributed by atoms with Crippen molar-refractivity contribution in [1.29, 1.82) is 0 Å². The van der Waals surface area contributed by atoms with Gasteiger partial charge in [0.25, 0.3) is 0 Å². The van der Waals surface area contributed by atoms with Gasteiger partial charge in [0.2, 0.25) is 0 Å². The molecule has 0 saturated heterocycles. The summed E-state index contributed by atoms with van der Waals surface area (Å²) in [5.74, 6) is 2.24. The SMILES string of the molecule is C1=CC2c3ccccc3C3(c4c(cccc4-n4ccnc4-c4ccccc4-n4c5ccccc5c5ccccc54)C4C=CC=CC43)C2C=C1. The van der Waals surface area contributed by atoms with Crippen LogP contribution in [0.2, 0.25) is 0 Å².